The summed E-state index contributed by atoms with van der Waals surface area (Å²) in [5.74, 6) is 0.175. The van der Waals surface area contributed by atoms with E-state index in [0.717, 1.165) is 6.42 Å². The third kappa shape index (κ3) is 4.00. The largest absolute Gasteiger partial charge is 0.497 e. The number of carbonyl (C=O) groups excluding carboxylic acids is 1. The Morgan fingerprint density at radius 3 is 2.59 bits per heavy atom. The summed E-state index contributed by atoms with van der Waals surface area (Å²) in [6.07, 6.45) is 1.22. The monoisotopic (exact) mass is 372 g/mol. The maximum absolute atomic E-state index is 12.8. The molecular weight excluding hydrogens is 348 g/mol. The van der Waals surface area contributed by atoms with Gasteiger partial charge in [-0.25, -0.2) is 4.79 Å². The first-order valence-electron chi connectivity index (χ1n) is 8.71. The van der Waals surface area contributed by atoms with Gasteiger partial charge < -0.3 is 24.7 Å². The van der Waals surface area contributed by atoms with E-state index in [1.807, 2.05) is 6.92 Å². The molecule has 0 saturated carbocycles. The van der Waals surface area contributed by atoms with Crippen LogP contribution in [0.4, 0.5) is 0 Å². The van der Waals surface area contributed by atoms with Crippen LogP contribution < -0.4 is 15.2 Å². The predicted molar refractivity (Wildman–Crippen MR) is 98.8 cm³/mol. The Morgan fingerprint density at radius 2 is 2.04 bits per heavy atom. The molecule has 144 valence electrons. The van der Waals surface area contributed by atoms with E-state index < -0.39 is 11.9 Å². The molecule has 1 aromatic rings. The number of hydrogen-bond donors (Lipinski definition) is 1. The molecule has 1 aliphatic heterocycles. The SMILES string of the molecule is CCCC1=C(C(=O)OCC)C(c2ccc(OC)cc2OC)C(C#N)=C(N)O1. The number of nitriles is 1. The lowest BCUT2D eigenvalue weighted by molar-refractivity contribution is -0.139. The molecule has 27 heavy (non-hydrogen) atoms. The second-order valence-electron chi connectivity index (χ2n) is 5.84. The zero-order chi connectivity index (χ0) is 20.0. The zero-order valence-electron chi connectivity index (χ0n) is 16.0. The van der Waals surface area contributed by atoms with Crippen molar-refractivity contribution in [2.75, 3.05) is 20.8 Å². The van der Waals surface area contributed by atoms with E-state index in [9.17, 15) is 10.1 Å². The number of nitrogens with two attached hydrogens (primary N) is 1. The second kappa shape index (κ2) is 8.99. The topological polar surface area (TPSA) is 104 Å². The number of nitrogens with zero attached hydrogens (tertiary/aromatic N) is 1. The van der Waals surface area contributed by atoms with Gasteiger partial charge in [-0.05, 0) is 19.4 Å². The molecule has 0 radical (unpaired) electrons. The van der Waals surface area contributed by atoms with Crippen LogP contribution in [0, 0.1) is 11.3 Å². The molecule has 0 spiro atoms. The highest BCUT2D eigenvalue weighted by atomic mass is 16.5. The zero-order valence-corrected chi connectivity index (χ0v) is 16.0. The van der Waals surface area contributed by atoms with Crippen molar-refractivity contribution >= 4 is 5.97 Å². The molecule has 0 saturated heterocycles. The summed E-state index contributed by atoms with van der Waals surface area (Å²) in [6.45, 7) is 3.89. The molecule has 1 heterocycles. The van der Waals surface area contributed by atoms with Crippen molar-refractivity contribution in [1.29, 1.82) is 5.26 Å². The number of rotatable bonds is 7. The van der Waals surface area contributed by atoms with E-state index in [0.29, 0.717) is 29.2 Å². The Kier molecular flexibility index (Phi) is 6.72. The Labute approximate surface area is 159 Å². The Morgan fingerprint density at radius 1 is 1.30 bits per heavy atom. The van der Waals surface area contributed by atoms with Gasteiger partial charge in [0.15, 0.2) is 0 Å². The fourth-order valence-electron chi connectivity index (χ4n) is 3.03. The molecule has 7 heteroatoms. The van der Waals surface area contributed by atoms with Crippen LogP contribution in [0.25, 0.3) is 0 Å². The van der Waals surface area contributed by atoms with Gasteiger partial charge >= 0.3 is 5.97 Å². The molecule has 0 aliphatic carbocycles. The molecule has 1 atom stereocenters. The van der Waals surface area contributed by atoms with Gasteiger partial charge in [-0.3, -0.25) is 0 Å². The predicted octanol–water partition coefficient (Wildman–Crippen LogP) is 3.13. The molecule has 7 nitrogen and oxygen atoms in total. The van der Waals surface area contributed by atoms with Crippen LogP contribution in [0.1, 0.15) is 38.2 Å². The Bertz CT molecular complexity index is 820. The molecule has 1 aliphatic rings. The molecule has 1 unspecified atom stereocenters. The van der Waals surface area contributed by atoms with Crippen molar-refractivity contribution < 1.29 is 23.7 Å². The van der Waals surface area contributed by atoms with Crippen molar-refractivity contribution in [3.63, 3.8) is 0 Å². The standard InChI is InChI=1S/C20H24N2O5/c1-5-7-15-18(20(23)26-6-2)17(14(11-21)19(22)27-15)13-9-8-12(24-3)10-16(13)25-4/h8-10,17H,5-7,22H2,1-4H3. The molecule has 2 rings (SSSR count). The first-order chi connectivity index (χ1) is 13.0. The average molecular weight is 372 g/mol. The summed E-state index contributed by atoms with van der Waals surface area (Å²) in [7, 11) is 3.06. The maximum Gasteiger partial charge on any atom is 0.338 e. The van der Waals surface area contributed by atoms with Gasteiger partial charge in [-0.1, -0.05) is 13.0 Å². The van der Waals surface area contributed by atoms with Gasteiger partial charge in [0.2, 0.25) is 5.88 Å². The van der Waals surface area contributed by atoms with Gasteiger partial charge in [-0.15, -0.1) is 0 Å². The maximum atomic E-state index is 12.8. The van der Waals surface area contributed by atoms with Crippen molar-refractivity contribution in [2.45, 2.75) is 32.6 Å². The summed E-state index contributed by atoms with van der Waals surface area (Å²) >= 11 is 0. The van der Waals surface area contributed by atoms with E-state index in [4.69, 9.17) is 24.7 Å². The normalized spacial score (nSPS) is 16.5. The van der Waals surface area contributed by atoms with Crippen LogP contribution in [0.2, 0.25) is 0 Å². The number of benzene rings is 1. The molecule has 0 fully saturated rings. The molecule has 0 amide bonds. The molecular formula is C20H24N2O5. The minimum atomic E-state index is -0.745. The van der Waals surface area contributed by atoms with Gasteiger partial charge in [0.1, 0.15) is 28.9 Å². The van der Waals surface area contributed by atoms with E-state index >= 15 is 0 Å². The summed E-state index contributed by atoms with van der Waals surface area (Å²) in [5, 5.41) is 9.70. The highest BCUT2D eigenvalue weighted by Crippen LogP contribution is 2.44. The van der Waals surface area contributed by atoms with Crippen molar-refractivity contribution in [2.24, 2.45) is 5.73 Å². The lowest BCUT2D eigenvalue weighted by atomic mass is 9.82. The lowest BCUT2D eigenvalue weighted by Gasteiger charge is -2.29. The summed E-state index contributed by atoms with van der Waals surface area (Å²) in [6, 6.07) is 7.25. The fraction of sp³-hybridized carbons (Fsp3) is 0.400. The van der Waals surface area contributed by atoms with Crippen LogP contribution in [-0.4, -0.2) is 26.8 Å². The molecule has 1 aromatic carbocycles. The van der Waals surface area contributed by atoms with Gasteiger partial charge in [0, 0.05) is 18.1 Å². The minimum Gasteiger partial charge on any atom is -0.497 e. The number of esters is 1. The third-order valence-electron chi connectivity index (χ3n) is 4.22. The smallest absolute Gasteiger partial charge is 0.338 e. The number of methoxy groups -OCH3 is 2. The van der Waals surface area contributed by atoms with Crippen LogP contribution in [0.15, 0.2) is 41.0 Å². The highest BCUT2D eigenvalue weighted by Gasteiger charge is 2.38. The summed E-state index contributed by atoms with van der Waals surface area (Å²) in [4.78, 5) is 12.8. The van der Waals surface area contributed by atoms with Crippen LogP contribution in [0.5, 0.6) is 11.5 Å². The lowest BCUT2D eigenvalue weighted by Crippen LogP contribution is -2.26. The van der Waals surface area contributed by atoms with E-state index in [1.165, 1.54) is 7.11 Å². The quantitative estimate of drug-likeness (QED) is 0.733. The fourth-order valence-corrected chi connectivity index (χ4v) is 3.03. The Balaban J connectivity index is 2.73. The molecule has 2 N–H and O–H groups in total. The average Bonchev–Trinajstić information content (AvgIpc) is 2.67. The van der Waals surface area contributed by atoms with Gasteiger partial charge in [0.05, 0.1) is 32.3 Å². The van der Waals surface area contributed by atoms with E-state index in [-0.39, 0.29) is 23.6 Å². The van der Waals surface area contributed by atoms with Gasteiger partial charge in [0.25, 0.3) is 0 Å². The Hall–Kier alpha value is -3.14. The second-order valence-corrected chi connectivity index (χ2v) is 5.84. The summed E-state index contributed by atoms with van der Waals surface area (Å²) in [5.41, 5.74) is 7.03. The van der Waals surface area contributed by atoms with E-state index in [2.05, 4.69) is 6.07 Å². The molecule has 0 aromatic heterocycles. The number of carbonyl (C=O) groups is 1. The van der Waals surface area contributed by atoms with Crippen molar-refractivity contribution in [3.05, 3.63) is 46.6 Å². The first kappa shape index (κ1) is 20.2. The first-order valence-corrected chi connectivity index (χ1v) is 8.71. The van der Waals surface area contributed by atoms with E-state index in [1.54, 1.807) is 32.2 Å². The van der Waals surface area contributed by atoms with Crippen LogP contribution in [-0.2, 0) is 14.3 Å². The van der Waals surface area contributed by atoms with Crippen LogP contribution in [0.3, 0.4) is 0 Å². The highest BCUT2D eigenvalue weighted by molar-refractivity contribution is 5.93. The minimum absolute atomic E-state index is 0.0168. The van der Waals surface area contributed by atoms with Crippen LogP contribution >= 0.6 is 0 Å². The van der Waals surface area contributed by atoms with Gasteiger partial charge in [-0.2, -0.15) is 5.26 Å². The number of hydrogen-bond acceptors (Lipinski definition) is 7. The third-order valence-corrected chi connectivity index (χ3v) is 4.22. The van der Waals surface area contributed by atoms with Crippen molar-refractivity contribution in [1.82, 2.24) is 0 Å². The number of allylic oxidation sites excluding steroid dienone is 2. The van der Waals surface area contributed by atoms with Crippen molar-refractivity contribution in [3.8, 4) is 17.6 Å². The number of ether oxygens (including phenoxy) is 4. The molecule has 0 bridgehead atoms. The summed E-state index contributed by atoms with van der Waals surface area (Å²) < 4.78 is 21.6.